The lowest BCUT2D eigenvalue weighted by Gasteiger charge is -2.02. The molecular weight excluding hydrogens is 205 g/mol. The van der Waals surface area contributed by atoms with E-state index in [1.165, 1.54) is 0 Å². The van der Waals surface area contributed by atoms with Gasteiger partial charge in [0.05, 0.1) is 6.54 Å². The second-order valence-corrected chi connectivity index (χ2v) is 3.46. The topological polar surface area (TPSA) is 12.0 Å². The van der Waals surface area contributed by atoms with E-state index >= 15 is 0 Å². The Morgan fingerprint density at radius 3 is 2.38 bits per heavy atom. The highest BCUT2D eigenvalue weighted by atomic mass is 35.5. The lowest BCUT2D eigenvalue weighted by atomic mass is 10.2. The number of hydrogen-bond acceptors (Lipinski definition) is 1. The van der Waals surface area contributed by atoms with Crippen molar-refractivity contribution in [3.63, 3.8) is 0 Å². The smallest absolute Gasteiger partial charge is 0.0576 e. The van der Waals surface area contributed by atoms with Crippen molar-refractivity contribution in [1.82, 2.24) is 5.32 Å². The van der Waals surface area contributed by atoms with Gasteiger partial charge in [-0.05, 0) is 23.8 Å². The van der Waals surface area contributed by atoms with Crippen LogP contribution in [0.4, 0.5) is 0 Å². The molecule has 0 aromatic heterocycles. The molecule has 3 heteroatoms. The minimum absolute atomic E-state index is 0.546. The Hall–Kier alpha value is -0.680. The molecule has 0 fully saturated rings. The van der Waals surface area contributed by atoms with Gasteiger partial charge in [0.15, 0.2) is 0 Å². The first-order chi connectivity index (χ1) is 6.22. The molecule has 0 unspecified atom stereocenters. The number of benzene rings is 1. The summed E-state index contributed by atoms with van der Waals surface area (Å²) in [7, 11) is 0. The summed E-state index contributed by atoms with van der Waals surface area (Å²) in [4.78, 5) is 0. The molecular formula is C10H9Cl2N. The van der Waals surface area contributed by atoms with Crippen molar-refractivity contribution in [2.45, 2.75) is 6.54 Å². The zero-order chi connectivity index (χ0) is 9.68. The Morgan fingerprint density at radius 2 is 1.85 bits per heavy atom. The number of hydrogen-bond donors (Lipinski definition) is 1. The minimum atomic E-state index is 0.546. The zero-order valence-electron chi connectivity index (χ0n) is 6.98. The van der Waals surface area contributed by atoms with Gasteiger partial charge in [0.25, 0.3) is 0 Å². The Morgan fingerprint density at radius 1 is 1.23 bits per heavy atom. The number of halogens is 2. The van der Waals surface area contributed by atoms with Crippen LogP contribution in [0, 0.1) is 12.3 Å². The predicted octanol–water partition coefficient (Wildman–Crippen LogP) is 2.72. The molecule has 68 valence electrons. The average Bonchev–Trinajstić information content (AvgIpc) is 2.03. The maximum absolute atomic E-state index is 5.81. The molecule has 0 bridgehead atoms. The summed E-state index contributed by atoms with van der Waals surface area (Å²) in [6.45, 7) is 1.23. The van der Waals surface area contributed by atoms with Crippen molar-refractivity contribution < 1.29 is 0 Å². The average molecular weight is 214 g/mol. The number of nitrogens with one attached hydrogen (secondary N) is 1. The van der Waals surface area contributed by atoms with Crippen LogP contribution in [0.25, 0.3) is 0 Å². The molecule has 0 radical (unpaired) electrons. The van der Waals surface area contributed by atoms with Crippen molar-refractivity contribution in [1.29, 1.82) is 0 Å². The first-order valence-electron chi connectivity index (χ1n) is 3.81. The summed E-state index contributed by atoms with van der Waals surface area (Å²) >= 11 is 11.6. The monoisotopic (exact) mass is 213 g/mol. The molecule has 1 N–H and O–H groups in total. The van der Waals surface area contributed by atoms with Crippen LogP contribution in [0.1, 0.15) is 5.56 Å². The third-order valence-electron chi connectivity index (χ3n) is 1.48. The Labute approximate surface area is 88.0 Å². The molecule has 0 aliphatic rings. The summed E-state index contributed by atoms with van der Waals surface area (Å²) in [5.41, 5.74) is 1.03. The van der Waals surface area contributed by atoms with Gasteiger partial charge in [0, 0.05) is 16.6 Å². The van der Waals surface area contributed by atoms with E-state index in [0.29, 0.717) is 23.1 Å². The summed E-state index contributed by atoms with van der Waals surface area (Å²) in [6.07, 6.45) is 5.09. The van der Waals surface area contributed by atoms with Crippen LogP contribution in [0.3, 0.4) is 0 Å². The van der Waals surface area contributed by atoms with E-state index < -0.39 is 0 Å². The van der Waals surface area contributed by atoms with Crippen molar-refractivity contribution in [3.05, 3.63) is 33.8 Å². The standard InChI is InChI=1S/C10H9Cl2N/c1-2-3-13-7-8-4-9(11)6-10(12)5-8/h1,4-6,13H,3,7H2. The SMILES string of the molecule is C#CCNCc1cc(Cl)cc(Cl)c1. The van der Waals surface area contributed by atoms with E-state index in [4.69, 9.17) is 29.6 Å². The molecule has 1 nitrogen and oxygen atoms in total. The Balaban J connectivity index is 2.62. The number of terminal acetylenes is 1. The van der Waals surface area contributed by atoms with Crippen molar-refractivity contribution in [3.8, 4) is 12.3 Å². The molecule has 0 aliphatic heterocycles. The van der Waals surface area contributed by atoms with Gasteiger partial charge in [-0.1, -0.05) is 29.1 Å². The number of rotatable bonds is 3. The van der Waals surface area contributed by atoms with Crippen molar-refractivity contribution in [2.75, 3.05) is 6.54 Å². The van der Waals surface area contributed by atoms with E-state index in [-0.39, 0.29) is 0 Å². The van der Waals surface area contributed by atoms with Gasteiger partial charge in [0.2, 0.25) is 0 Å². The Kier molecular flexibility index (Phi) is 4.11. The summed E-state index contributed by atoms with van der Waals surface area (Å²) in [5, 5.41) is 4.34. The normalized spacial score (nSPS) is 9.62. The predicted molar refractivity (Wildman–Crippen MR) is 57.0 cm³/mol. The fourth-order valence-electron chi connectivity index (χ4n) is 0.992. The van der Waals surface area contributed by atoms with Gasteiger partial charge in [-0.15, -0.1) is 6.42 Å². The molecule has 0 spiro atoms. The second-order valence-electron chi connectivity index (χ2n) is 2.59. The van der Waals surface area contributed by atoms with Crippen LogP contribution < -0.4 is 5.32 Å². The highest BCUT2D eigenvalue weighted by Gasteiger charge is 1.96. The fourth-order valence-corrected chi connectivity index (χ4v) is 1.56. The summed E-state index contributed by atoms with van der Waals surface area (Å²) < 4.78 is 0. The highest BCUT2D eigenvalue weighted by Crippen LogP contribution is 2.18. The van der Waals surface area contributed by atoms with Crippen molar-refractivity contribution in [2.24, 2.45) is 0 Å². The van der Waals surface area contributed by atoms with Crippen LogP contribution >= 0.6 is 23.2 Å². The first kappa shape index (κ1) is 10.4. The lowest BCUT2D eigenvalue weighted by Crippen LogP contribution is -2.12. The zero-order valence-corrected chi connectivity index (χ0v) is 8.49. The fraction of sp³-hybridized carbons (Fsp3) is 0.200. The van der Waals surface area contributed by atoms with E-state index in [1.807, 2.05) is 12.1 Å². The van der Waals surface area contributed by atoms with Gasteiger partial charge in [-0.2, -0.15) is 0 Å². The van der Waals surface area contributed by atoms with Gasteiger partial charge in [-0.25, -0.2) is 0 Å². The molecule has 1 aromatic rings. The van der Waals surface area contributed by atoms with Crippen LogP contribution in [-0.2, 0) is 6.54 Å². The van der Waals surface area contributed by atoms with E-state index in [0.717, 1.165) is 5.56 Å². The second kappa shape index (κ2) is 5.14. The maximum atomic E-state index is 5.81. The van der Waals surface area contributed by atoms with Crippen molar-refractivity contribution >= 4 is 23.2 Å². The molecule has 0 saturated carbocycles. The molecule has 13 heavy (non-hydrogen) atoms. The molecule has 0 aliphatic carbocycles. The van der Waals surface area contributed by atoms with Gasteiger partial charge in [-0.3, -0.25) is 0 Å². The molecule has 1 rings (SSSR count). The third-order valence-corrected chi connectivity index (χ3v) is 1.91. The van der Waals surface area contributed by atoms with E-state index in [1.54, 1.807) is 6.07 Å². The molecule has 1 aromatic carbocycles. The first-order valence-corrected chi connectivity index (χ1v) is 4.57. The lowest BCUT2D eigenvalue weighted by molar-refractivity contribution is 0.770. The molecule has 0 atom stereocenters. The summed E-state index contributed by atoms with van der Waals surface area (Å²) in [5.74, 6) is 2.49. The van der Waals surface area contributed by atoms with E-state index in [9.17, 15) is 0 Å². The highest BCUT2D eigenvalue weighted by molar-refractivity contribution is 6.34. The quantitative estimate of drug-likeness (QED) is 0.602. The summed E-state index contributed by atoms with van der Waals surface area (Å²) in [6, 6.07) is 5.42. The molecule has 0 heterocycles. The largest absolute Gasteiger partial charge is 0.302 e. The van der Waals surface area contributed by atoms with Crippen LogP contribution in [0.15, 0.2) is 18.2 Å². The molecule has 0 amide bonds. The van der Waals surface area contributed by atoms with Gasteiger partial charge in [0.1, 0.15) is 0 Å². The van der Waals surface area contributed by atoms with Gasteiger partial charge < -0.3 is 5.32 Å². The van der Waals surface area contributed by atoms with Crippen LogP contribution in [0.5, 0.6) is 0 Å². The van der Waals surface area contributed by atoms with Crippen LogP contribution in [-0.4, -0.2) is 6.54 Å². The minimum Gasteiger partial charge on any atom is -0.302 e. The van der Waals surface area contributed by atoms with E-state index in [2.05, 4.69) is 11.2 Å². The van der Waals surface area contributed by atoms with Gasteiger partial charge >= 0.3 is 0 Å². The maximum Gasteiger partial charge on any atom is 0.0576 e. The Bertz CT molecular complexity index is 308. The van der Waals surface area contributed by atoms with Crippen LogP contribution in [0.2, 0.25) is 10.0 Å². The molecule has 0 saturated heterocycles. The third kappa shape index (κ3) is 3.69.